The van der Waals surface area contributed by atoms with Crippen LogP contribution < -0.4 is 5.32 Å². The van der Waals surface area contributed by atoms with Gasteiger partial charge in [-0.1, -0.05) is 6.92 Å². The summed E-state index contributed by atoms with van der Waals surface area (Å²) in [5.41, 5.74) is 2.57. The van der Waals surface area contributed by atoms with Crippen molar-refractivity contribution < 1.29 is 4.74 Å². The van der Waals surface area contributed by atoms with E-state index < -0.39 is 0 Å². The first kappa shape index (κ1) is 12.5. The quantitative estimate of drug-likeness (QED) is 0.869. The Hall–Kier alpha value is -0.930. The molecule has 0 radical (unpaired) electrons. The van der Waals surface area contributed by atoms with E-state index in [4.69, 9.17) is 4.74 Å². The Morgan fingerprint density at radius 2 is 2.41 bits per heavy atom. The van der Waals surface area contributed by atoms with E-state index in [9.17, 15) is 0 Å². The minimum absolute atomic E-state index is 0.286. The van der Waals surface area contributed by atoms with E-state index in [2.05, 4.69) is 30.2 Å². The fourth-order valence-electron chi connectivity index (χ4n) is 2.49. The molecular weight excluding hydrogens is 212 g/mol. The van der Waals surface area contributed by atoms with Crippen LogP contribution in [0.1, 0.15) is 43.4 Å². The number of likely N-dealkylation sites (N-methyl/N-ethyl adjacent to an activating group) is 1. The van der Waals surface area contributed by atoms with Gasteiger partial charge in [0, 0.05) is 19.0 Å². The van der Waals surface area contributed by atoms with Gasteiger partial charge in [-0.15, -0.1) is 0 Å². The molecule has 3 nitrogen and oxygen atoms in total. The number of hydrogen-bond acceptors (Lipinski definition) is 3. The van der Waals surface area contributed by atoms with Crippen LogP contribution in [0.25, 0.3) is 0 Å². The summed E-state index contributed by atoms with van der Waals surface area (Å²) in [6, 6.07) is 2.36. The van der Waals surface area contributed by atoms with Crippen molar-refractivity contribution in [2.24, 2.45) is 0 Å². The van der Waals surface area contributed by atoms with Gasteiger partial charge in [-0.25, -0.2) is 0 Å². The molecule has 2 rings (SSSR count). The number of hydrogen-bond donors (Lipinski definition) is 1. The number of pyridine rings is 1. The zero-order valence-electron chi connectivity index (χ0n) is 10.8. The second-order valence-electron chi connectivity index (χ2n) is 4.67. The number of ether oxygens (including phenoxy) is 1. The number of aromatic nitrogens is 1. The summed E-state index contributed by atoms with van der Waals surface area (Å²) in [5, 5.41) is 3.54. The molecule has 3 heteroatoms. The van der Waals surface area contributed by atoms with Crippen LogP contribution in [0.4, 0.5) is 0 Å². The number of rotatable bonds is 4. The first-order valence-corrected chi connectivity index (χ1v) is 6.58. The van der Waals surface area contributed by atoms with E-state index in [1.165, 1.54) is 24.0 Å². The van der Waals surface area contributed by atoms with Gasteiger partial charge in [-0.2, -0.15) is 0 Å². The first-order chi connectivity index (χ1) is 8.33. The van der Waals surface area contributed by atoms with E-state index in [0.29, 0.717) is 6.10 Å². The van der Waals surface area contributed by atoms with Gasteiger partial charge in [-0.05, 0) is 49.9 Å². The molecule has 1 saturated heterocycles. The third-order valence-electron chi connectivity index (χ3n) is 3.43. The Kier molecular flexibility index (Phi) is 4.51. The van der Waals surface area contributed by atoms with E-state index in [0.717, 1.165) is 19.6 Å². The lowest BCUT2D eigenvalue weighted by atomic mass is 9.94. The van der Waals surface area contributed by atoms with Gasteiger partial charge in [-0.3, -0.25) is 4.98 Å². The smallest absolute Gasteiger partial charge is 0.0770 e. The summed E-state index contributed by atoms with van der Waals surface area (Å²) < 4.78 is 5.91. The second kappa shape index (κ2) is 6.12. The van der Waals surface area contributed by atoms with Gasteiger partial charge < -0.3 is 10.1 Å². The van der Waals surface area contributed by atoms with Crippen molar-refractivity contribution in [3.05, 3.63) is 29.6 Å². The first-order valence-electron chi connectivity index (χ1n) is 6.58. The highest BCUT2D eigenvalue weighted by atomic mass is 16.5. The van der Waals surface area contributed by atoms with Crippen molar-refractivity contribution in [3.8, 4) is 0 Å². The summed E-state index contributed by atoms with van der Waals surface area (Å²) in [6.45, 7) is 6.14. The standard InChI is InChI=1S/C14H22N2O/c1-3-16-14(13-6-4-5-9-17-13)12-10-15-8-7-11(12)2/h7-8,10,13-14,16H,3-6,9H2,1-2H3. The Bertz CT molecular complexity index is 348. The summed E-state index contributed by atoms with van der Waals surface area (Å²) in [4.78, 5) is 4.25. The van der Waals surface area contributed by atoms with Crippen LogP contribution in [0.15, 0.2) is 18.5 Å². The van der Waals surface area contributed by atoms with Gasteiger partial charge in [0.1, 0.15) is 0 Å². The maximum Gasteiger partial charge on any atom is 0.0770 e. The third kappa shape index (κ3) is 3.05. The molecule has 0 bridgehead atoms. The Labute approximate surface area is 104 Å². The van der Waals surface area contributed by atoms with Crippen molar-refractivity contribution in [3.63, 3.8) is 0 Å². The highest BCUT2D eigenvalue weighted by Gasteiger charge is 2.26. The summed E-state index contributed by atoms with van der Waals surface area (Å²) in [5.74, 6) is 0. The lowest BCUT2D eigenvalue weighted by Crippen LogP contribution is -2.36. The molecule has 0 aliphatic carbocycles. The highest BCUT2D eigenvalue weighted by molar-refractivity contribution is 5.26. The molecule has 0 spiro atoms. The third-order valence-corrected chi connectivity index (χ3v) is 3.43. The second-order valence-corrected chi connectivity index (χ2v) is 4.67. The summed E-state index contributed by atoms with van der Waals surface area (Å²) in [6.07, 6.45) is 7.73. The normalized spacial score (nSPS) is 22.4. The van der Waals surface area contributed by atoms with Crippen LogP contribution in [0, 0.1) is 6.92 Å². The van der Waals surface area contributed by atoms with Crippen molar-refractivity contribution in [2.75, 3.05) is 13.2 Å². The van der Waals surface area contributed by atoms with Gasteiger partial charge in [0.05, 0.1) is 12.1 Å². The molecule has 0 amide bonds. The van der Waals surface area contributed by atoms with Crippen LogP contribution >= 0.6 is 0 Å². The van der Waals surface area contributed by atoms with Crippen molar-refractivity contribution in [2.45, 2.75) is 45.3 Å². The molecule has 1 aliphatic rings. The molecule has 2 heterocycles. The van der Waals surface area contributed by atoms with Crippen molar-refractivity contribution >= 4 is 0 Å². The Balaban J connectivity index is 2.18. The van der Waals surface area contributed by atoms with Crippen molar-refractivity contribution in [1.82, 2.24) is 10.3 Å². The SMILES string of the molecule is CCNC(c1cnccc1C)C1CCCCO1. The van der Waals surface area contributed by atoms with Gasteiger partial charge >= 0.3 is 0 Å². The zero-order chi connectivity index (χ0) is 12.1. The number of aryl methyl sites for hydroxylation is 1. The maximum atomic E-state index is 5.91. The molecule has 2 unspecified atom stereocenters. The number of nitrogens with one attached hydrogen (secondary N) is 1. The molecule has 94 valence electrons. The minimum atomic E-state index is 0.286. The van der Waals surface area contributed by atoms with Crippen LogP contribution in [0.3, 0.4) is 0 Å². The average Bonchev–Trinajstić information content (AvgIpc) is 2.38. The highest BCUT2D eigenvalue weighted by Crippen LogP contribution is 2.27. The molecule has 1 fully saturated rings. The van der Waals surface area contributed by atoms with Gasteiger partial charge in [0.15, 0.2) is 0 Å². The van der Waals surface area contributed by atoms with E-state index in [-0.39, 0.29) is 6.04 Å². The lowest BCUT2D eigenvalue weighted by Gasteiger charge is -2.32. The van der Waals surface area contributed by atoms with Crippen LogP contribution in [-0.4, -0.2) is 24.2 Å². The minimum Gasteiger partial charge on any atom is -0.376 e. The predicted octanol–water partition coefficient (Wildman–Crippen LogP) is 2.61. The molecule has 1 aromatic heterocycles. The van der Waals surface area contributed by atoms with Gasteiger partial charge in [0.2, 0.25) is 0 Å². The maximum absolute atomic E-state index is 5.91. The van der Waals surface area contributed by atoms with Crippen LogP contribution in [0.2, 0.25) is 0 Å². The Morgan fingerprint density at radius 1 is 1.53 bits per heavy atom. The van der Waals surface area contributed by atoms with Gasteiger partial charge in [0.25, 0.3) is 0 Å². The molecular formula is C14H22N2O. The Morgan fingerprint density at radius 3 is 3.06 bits per heavy atom. The largest absolute Gasteiger partial charge is 0.376 e. The topological polar surface area (TPSA) is 34.2 Å². The molecule has 1 aliphatic heterocycles. The zero-order valence-corrected chi connectivity index (χ0v) is 10.8. The number of nitrogens with zero attached hydrogens (tertiary/aromatic N) is 1. The van der Waals surface area contributed by atoms with Crippen LogP contribution in [0.5, 0.6) is 0 Å². The molecule has 17 heavy (non-hydrogen) atoms. The van der Waals surface area contributed by atoms with Crippen molar-refractivity contribution in [1.29, 1.82) is 0 Å². The molecule has 1 N–H and O–H groups in total. The lowest BCUT2D eigenvalue weighted by molar-refractivity contribution is -0.00806. The van der Waals surface area contributed by atoms with E-state index in [1.807, 2.05) is 12.4 Å². The molecule has 0 aromatic carbocycles. The van der Waals surface area contributed by atoms with Crippen LogP contribution in [-0.2, 0) is 4.74 Å². The molecule has 0 saturated carbocycles. The van der Waals surface area contributed by atoms with E-state index >= 15 is 0 Å². The molecule has 2 atom stereocenters. The average molecular weight is 234 g/mol. The summed E-state index contributed by atoms with van der Waals surface area (Å²) in [7, 11) is 0. The monoisotopic (exact) mass is 234 g/mol. The summed E-state index contributed by atoms with van der Waals surface area (Å²) >= 11 is 0. The predicted molar refractivity (Wildman–Crippen MR) is 69.0 cm³/mol. The fraction of sp³-hybridized carbons (Fsp3) is 0.643. The fourth-order valence-corrected chi connectivity index (χ4v) is 2.49. The van der Waals surface area contributed by atoms with E-state index in [1.54, 1.807) is 0 Å². The molecule has 1 aromatic rings.